The van der Waals surface area contributed by atoms with Gasteiger partial charge in [-0.1, -0.05) is 35.5 Å². The topological polar surface area (TPSA) is 66.5 Å². The van der Waals surface area contributed by atoms with Crippen molar-refractivity contribution in [3.05, 3.63) is 53.1 Å². The van der Waals surface area contributed by atoms with E-state index in [-0.39, 0.29) is 12.4 Å². The van der Waals surface area contributed by atoms with Crippen LogP contribution in [-0.2, 0) is 6.42 Å². The third kappa shape index (κ3) is 4.92. The maximum Gasteiger partial charge on any atom is 0.116 e. The monoisotopic (exact) mass is 337 g/mol. The Morgan fingerprint density at radius 1 is 1.18 bits per heavy atom. The van der Waals surface area contributed by atoms with Gasteiger partial charge in [-0.2, -0.15) is 0 Å². The molecule has 0 saturated heterocycles. The van der Waals surface area contributed by atoms with Crippen molar-refractivity contribution in [1.82, 2.24) is 0 Å². The van der Waals surface area contributed by atoms with Crippen molar-refractivity contribution in [2.75, 3.05) is 6.61 Å². The van der Waals surface area contributed by atoms with Gasteiger partial charge in [-0.05, 0) is 55.7 Å². The van der Waals surface area contributed by atoms with Gasteiger partial charge in [-0.3, -0.25) is 0 Å². The van der Waals surface area contributed by atoms with Crippen LogP contribution in [0.1, 0.15) is 18.9 Å². The third-order valence-electron chi connectivity index (χ3n) is 3.40. The molecule has 4 N–H and O–H groups in total. The molecule has 0 aliphatic carbocycles. The smallest absolute Gasteiger partial charge is 0.116 e. The molecule has 2 aromatic carbocycles. The van der Waals surface area contributed by atoms with E-state index in [0.717, 1.165) is 21.8 Å². The molecule has 0 spiro atoms. The summed E-state index contributed by atoms with van der Waals surface area (Å²) in [5.74, 6) is 0.249. The number of aliphatic hydroxyl groups excluding tert-OH is 1. The van der Waals surface area contributed by atoms with Crippen molar-refractivity contribution in [2.45, 2.75) is 35.1 Å². The molecule has 0 aliphatic rings. The van der Waals surface area contributed by atoms with E-state index >= 15 is 0 Å². The summed E-state index contributed by atoms with van der Waals surface area (Å²) in [5, 5.41) is 19.4. The molecule has 0 aliphatic heterocycles. The summed E-state index contributed by atoms with van der Waals surface area (Å²) in [5.41, 5.74) is 6.37. The van der Waals surface area contributed by atoms with Crippen molar-refractivity contribution in [3.8, 4) is 5.75 Å². The predicted octanol–water partition coefficient (Wildman–Crippen LogP) is 3.84. The number of nitrogens with two attached hydrogens (primary N) is 1. The molecular weight excluding hydrogens is 318 g/mol. The van der Waals surface area contributed by atoms with E-state index in [9.17, 15) is 10.2 Å². The highest BCUT2D eigenvalue weighted by atomic mass is 35.5. The Balaban J connectivity index is 2.06. The second-order valence-corrected chi connectivity index (χ2v) is 7.22. The molecule has 0 bridgehead atoms. The number of rotatable bonds is 6. The van der Waals surface area contributed by atoms with Crippen LogP contribution in [0.5, 0.6) is 5.75 Å². The van der Waals surface area contributed by atoms with Crippen LogP contribution in [0.25, 0.3) is 0 Å². The van der Waals surface area contributed by atoms with Gasteiger partial charge in [0, 0.05) is 20.4 Å². The lowest BCUT2D eigenvalue weighted by Crippen LogP contribution is -2.40. The fraction of sp³-hybridized carbons (Fsp3) is 0.294. The standard InChI is InChI=1S/C17H20ClNO2S/c1-17(19,11-20)8-7-12-5-6-15(10-16(12)18)22-14-4-2-3-13(21)9-14/h2-6,9-10,20-21H,7-8,11,19H2,1H3/t17-/m0/s1. The predicted molar refractivity (Wildman–Crippen MR) is 91.7 cm³/mol. The first-order valence-corrected chi connectivity index (χ1v) is 8.24. The van der Waals surface area contributed by atoms with Gasteiger partial charge in [-0.15, -0.1) is 0 Å². The molecule has 0 unspecified atom stereocenters. The SMILES string of the molecule is C[C@@](N)(CO)CCc1ccc(Sc2cccc(O)c2)cc1Cl. The molecule has 0 fully saturated rings. The first-order chi connectivity index (χ1) is 10.4. The lowest BCUT2D eigenvalue weighted by molar-refractivity contribution is 0.200. The van der Waals surface area contributed by atoms with Crippen LogP contribution in [0.2, 0.25) is 5.02 Å². The Morgan fingerprint density at radius 2 is 1.91 bits per heavy atom. The lowest BCUT2D eigenvalue weighted by atomic mass is 9.95. The molecule has 0 saturated carbocycles. The molecule has 2 aromatic rings. The highest BCUT2D eigenvalue weighted by molar-refractivity contribution is 7.99. The van der Waals surface area contributed by atoms with Crippen LogP contribution in [0.15, 0.2) is 52.3 Å². The van der Waals surface area contributed by atoms with E-state index in [1.54, 1.807) is 23.9 Å². The fourth-order valence-corrected chi connectivity index (χ4v) is 3.23. The number of phenols is 1. The minimum absolute atomic E-state index is 0.0456. The van der Waals surface area contributed by atoms with Crippen LogP contribution in [0, 0.1) is 0 Å². The molecule has 22 heavy (non-hydrogen) atoms. The summed E-state index contributed by atoms with van der Waals surface area (Å²) in [6, 6.07) is 13.0. The molecule has 3 nitrogen and oxygen atoms in total. The van der Waals surface area contributed by atoms with Crippen molar-refractivity contribution in [3.63, 3.8) is 0 Å². The van der Waals surface area contributed by atoms with E-state index in [4.69, 9.17) is 17.3 Å². The molecule has 0 aromatic heterocycles. The average molecular weight is 338 g/mol. The number of phenolic OH excluding ortho intramolecular Hbond substituents is 1. The minimum Gasteiger partial charge on any atom is -0.508 e. The maximum absolute atomic E-state index is 9.49. The average Bonchev–Trinajstić information content (AvgIpc) is 2.46. The Morgan fingerprint density at radius 3 is 2.55 bits per heavy atom. The summed E-state index contributed by atoms with van der Waals surface area (Å²) in [4.78, 5) is 1.97. The lowest BCUT2D eigenvalue weighted by Gasteiger charge is -2.21. The van der Waals surface area contributed by atoms with Gasteiger partial charge in [0.05, 0.1) is 6.61 Å². The summed E-state index contributed by atoms with van der Waals surface area (Å²) in [6.07, 6.45) is 1.39. The Labute approximate surface area is 140 Å². The number of aromatic hydroxyl groups is 1. The van der Waals surface area contributed by atoms with E-state index in [2.05, 4.69) is 0 Å². The van der Waals surface area contributed by atoms with Gasteiger partial charge in [0.1, 0.15) is 5.75 Å². The van der Waals surface area contributed by atoms with Crippen molar-refractivity contribution >= 4 is 23.4 Å². The van der Waals surface area contributed by atoms with E-state index in [0.29, 0.717) is 11.4 Å². The van der Waals surface area contributed by atoms with E-state index in [1.807, 2.05) is 37.3 Å². The van der Waals surface area contributed by atoms with Gasteiger partial charge >= 0.3 is 0 Å². The summed E-state index contributed by atoms with van der Waals surface area (Å²) in [6.45, 7) is 1.78. The maximum atomic E-state index is 9.49. The van der Waals surface area contributed by atoms with Crippen LogP contribution in [-0.4, -0.2) is 22.4 Å². The molecule has 2 rings (SSSR count). The molecule has 118 valence electrons. The van der Waals surface area contributed by atoms with Crippen molar-refractivity contribution in [1.29, 1.82) is 0 Å². The quantitative estimate of drug-likeness (QED) is 0.749. The van der Waals surface area contributed by atoms with Crippen LogP contribution in [0.4, 0.5) is 0 Å². The van der Waals surface area contributed by atoms with Crippen LogP contribution < -0.4 is 5.73 Å². The zero-order valence-corrected chi connectivity index (χ0v) is 14.0. The molecule has 0 amide bonds. The number of hydrogen-bond donors (Lipinski definition) is 3. The van der Waals surface area contributed by atoms with Gasteiger partial charge in [0.2, 0.25) is 0 Å². The van der Waals surface area contributed by atoms with Crippen LogP contribution in [0.3, 0.4) is 0 Å². The number of halogens is 1. The zero-order valence-electron chi connectivity index (χ0n) is 12.4. The van der Waals surface area contributed by atoms with Gasteiger partial charge < -0.3 is 15.9 Å². The Bertz CT molecular complexity index is 646. The number of aliphatic hydroxyl groups is 1. The summed E-state index contributed by atoms with van der Waals surface area (Å²) in [7, 11) is 0. The number of benzene rings is 2. The highest BCUT2D eigenvalue weighted by Gasteiger charge is 2.17. The largest absolute Gasteiger partial charge is 0.508 e. The molecule has 5 heteroatoms. The normalized spacial score (nSPS) is 13.8. The fourth-order valence-electron chi connectivity index (χ4n) is 1.98. The number of hydrogen-bond acceptors (Lipinski definition) is 4. The Kier molecular flexibility index (Phi) is 5.75. The second kappa shape index (κ2) is 7.38. The zero-order chi connectivity index (χ0) is 16.2. The minimum atomic E-state index is -0.585. The molecule has 1 atom stereocenters. The highest BCUT2D eigenvalue weighted by Crippen LogP contribution is 2.32. The van der Waals surface area contributed by atoms with Gasteiger partial charge in [-0.25, -0.2) is 0 Å². The van der Waals surface area contributed by atoms with Gasteiger partial charge in [0.25, 0.3) is 0 Å². The summed E-state index contributed by atoms with van der Waals surface area (Å²) < 4.78 is 0. The van der Waals surface area contributed by atoms with E-state index in [1.165, 1.54) is 0 Å². The van der Waals surface area contributed by atoms with Crippen molar-refractivity contribution < 1.29 is 10.2 Å². The molecule has 0 radical (unpaired) electrons. The third-order valence-corrected chi connectivity index (χ3v) is 4.74. The van der Waals surface area contributed by atoms with E-state index < -0.39 is 5.54 Å². The molecular formula is C17H20ClNO2S. The number of aryl methyl sites for hydroxylation is 1. The first-order valence-electron chi connectivity index (χ1n) is 7.05. The van der Waals surface area contributed by atoms with Crippen molar-refractivity contribution in [2.24, 2.45) is 5.73 Å². The molecule has 0 heterocycles. The Hall–Kier alpha value is -1.20. The first kappa shape index (κ1) is 17.2. The van der Waals surface area contributed by atoms with Gasteiger partial charge in [0.15, 0.2) is 0 Å². The van der Waals surface area contributed by atoms with Crippen LogP contribution >= 0.6 is 23.4 Å². The summed E-state index contributed by atoms with van der Waals surface area (Å²) >= 11 is 7.88. The second-order valence-electron chi connectivity index (χ2n) is 5.66.